The molecular formula is C33H39F6N5O. The van der Waals surface area contributed by atoms with Crippen molar-refractivity contribution >= 4 is 16.6 Å². The lowest BCUT2D eigenvalue weighted by atomic mass is 9.83. The first-order valence-corrected chi connectivity index (χ1v) is 16.0. The van der Waals surface area contributed by atoms with Gasteiger partial charge in [-0.1, -0.05) is 6.07 Å². The molecule has 1 N–H and O–H groups in total. The summed E-state index contributed by atoms with van der Waals surface area (Å²) < 4.78 is 94.6. The lowest BCUT2D eigenvalue weighted by Crippen LogP contribution is -2.47. The Labute approximate surface area is 258 Å². The van der Waals surface area contributed by atoms with Gasteiger partial charge in [0, 0.05) is 60.4 Å². The van der Waals surface area contributed by atoms with Crippen LogP contribution in [0.15, 0.2) is 30.5 Å². The fourth-order valence-electron chi connectivity index (χ4n) is 7.97. The summed E-state index contributed by atoms with van der Waals surface area (Å²) in [6, 6.07) is 3.92. The smallest absolute Gasteiger partial charge is 0.380 e. The number of hydrogen-bond donors (Lipinski definition) is 1. The molecule has 2 aromatic carbocycles. The topological polar surface area (TPSA) is 45.6 Å². The van der Waals surface area contributed by atoms with Gasteiger partial charge in [-0.15, -0.1) is 0 Å². The number of nitrogens with one attached hydrogen (secondary N) is 1. The van der Waals surface area contributed by atoms with Crippen LogP contribution in [0.5, 0.6) is 0 Å². The van der Waals surface area contributed by atoms with Crippen molar-refractivity contribution in [3.05, 3.63) is 58.8 Å². The van der Waals surface area contributed by atoms with Crippen molar-refractivity contribution < 1.29 is 31.1 Å². The van der Waals surface area contributed by atoms with E-state index < -0.39 is 48.7 Å². The third kappa shape index (κ3) is 5.82. The van der Waals surface area contributed by atoms with Gasteiger partial charge in [0.2, 0.25) is 0 Å². The van der Waals surface area contributed by atoms with E-state index in [-0.39, 0.29) is 29.8 Å². The van der Waals surface area contributed by atoms with Crippen LogP contribution in [0.2, 0.25) is 0 Å². The number of ether oxygens (including phenoxy) is 1. The van der Waals surface area contributed by atoms with Gasteiger partial charge in [0.25, 0.3) is 0 Å². The number of alkyl halides is 4. The van der Waals surface area contributed by atoms with Gasteiger partial charge in [-0.3, -0.25) is 9.29 Å². The summed E-state index contributed by atoms with van der Waals surface area (Å²) in [5.41, 5.74) is 1.86. The Morgan fingerprint density at radius 1 is 1.11 bits per heavy atom. The predicted octanol–water partition coefficient (Wildman–Crippen LogP) is 7.15. The molecule has 0 bridgehead atoms. The highest BCUT2D eigenvalue weighted by molar-refractivity contribution is 5.84. The first-order chi connectivity index (χ1) is 21.6. The quantitative estimate of drug-likeness (QED) is 0.267. The molecule has 4 atom stereocenters. The third-order valence-electron chi connectivity index (χ3n) is 10.3. The zero-order valence-corrected chi connectivity index (χ0v) is 25.4. The van der Waals surface area contributed by atoms with Crippen LogP contribution >= 0.6 is 0 Å². The minimum Gasteiger partial charge on any atom is -0.380 e. The molecule has 4 aliphatic rings. The Morgan fingerprint density at radius 2 is 1.89 bits per heavy atom. The molecule has 2 saturated heterocycles. The lowest BCUT2D eigenvalue weighted by molar-refractivity contribution is -0.155. The molecule has 0 radical (unpaired) electrons. The molecule has 1 aromatic heterocycles. The molecule has 0 amide bonds. The zero-order chi connectivity index (χ0) is 31.5. The maximum absolute atomic E-state index is 16.1. The van der Waals surface area contributed by atoms with Gasteiger partial charge in [0.15, 0.2) is 6.23 Å². The number of likely N-dealkylation sites (tertiary alicyclic amines) is 1. The molecule has 4 heterocycles. The summed E-state index contributed by atoms with van der Waals surface area (Å²) in [6.45, 7) is 2.70. The highest BCUT2D eigenvalue weighted by atomic mass is 19.4. The summed E-state index contributed by atoms with van der Waals surface area (Å²) >= 11 is 0. The molecule has 3 fully saturated rings. The van der Waals surface area contributed by atoms with Gasteiger partial charge in [0.05, 0.1) is 31.0 Å². The van der Waals surface area contributed by atoms with E-state index >= 15 is 8.78 Å². The van der Waals surface area contributed by atoms with Gasteiger partial charge in [0.1, 0.15) is 11.6 Å². The molecule has 1 unspecified atom stereocenters. The molecule has 1 aliphatic carbocycles. The summed E-state index contributed by atoms with van der Waals surface area (Å²) in [5, 5.41) is 8.66. The van der Waals surface area contributed by atoms with Crippen molar-refractivity contribution in [2.24, 2.45) is 5.41 Å². The Balaban J connectivity index is 1.25. The monoisotopic (exact) mass is 635 g/mol. The predicted molar refractivity (Wildman–Crippen MR) is 159 cm³/mol. The normalized spacial score (nSPS) is 26.9. The van der Waals surface area contributed by atoms with Crippen molar-refractivity contribution in [2.45, 2.75) is 82.4 Å². The van der Waals surface area contributed by atoms with E-state index in [0.717, 1.165) is 60.0 Å². The number of nitrogens with zero attached hydrogens (tertiary/aromatic N) is 4. The highest BCUT2D eigenvalue weighted by Gasteiger charge is 2.55. The summed E-state index contributed by atoms with van der Waals surface area (Å²) in [6.07, 6.45) is 2.38. The van der Waals surface area contributed by atoms with Crippen molar-refractivity contribution in [1.82, 2.24) is 19.6 Å². The standard InChI is InChI=1S/C33H39F6N5O/c1-20-13-23-22(6-7-27-24(23)16-40-44(27)29-5-2-3-12-45-29)31(43(20)19-33(37,38)39)30-25(35)14-21(15-26(30)36)41-28-17-42(11-4-10-34)18-32(28)8-9-32/h6-7,14-16,20,28-29,31,41H,2-5,8-13,17-19H2,1H3/t20-,28-,29?,31+/m1/s1. The van der Waals surface area contributed by atoms with E-state index in [9.17, 15) is 17.6 Å². The van der Waals surface area contributed by atoms with Gasteiger partial charge in [-0.25, -0.2) is 13.5 Å². The van der Waals surface area contributed by atoms with Crippen molar-refractivity contribution in [3.63, 3.8) is 0 Å². The Morgan fingerprint density at radius 3 is 2.56 bits per heavy atom. The van der Waals surface area contributed by atoms with Crippen LogP contribution < -0.4 is 5.32 Å². The number of halogens is 6. The molecule has 3 aliphatic heterocycles. The third-order valence-corrected chi connectivity index (χ3v) is 10.3. The lowest BCUT2D eigenvalue weighted by Gasteiger charge is -2.43. The first-order valence-electron chi connectivity index (χ1n) is 16.0. The minimum absolute atomic E-state index is 0.00165. The number of fused-ring (bicyclic) bond motifs is 3. The maximum Gasteiger partial charge on any atom is 0.401 e. The van der Waals surface area contributed by atoms with Crippen LogP contribution in [0.3, 0.4) is 0 Å². The van der Waals surface area contributed by atoms with Crippen LogP contribution in [-0.2, 0) is 11.2 Å². The molecule has 1 spiro atoms. The first kappa shape index (κ1) is 30.8. The van der Waals surface area contributed by atoms with Gasteiger partial charge < -0.3 is 15.0 Å². The second kappa shape index (κ2) is 11.8. The van der Waals surface area contributed by atoms with Crippen LogP contribution in [-0.4, -0.2) is 77.3 Å². The molecule has 6 nitrogen and oxygen atoms in total. The highest BCUT2D eigenvalue weighted by Crippen LogP contribution is 2.54. The average molecular weight is 636 g/mol. The maximum atomic E-state index is 16.1. The minimum atomic E-state index is -4.57. The molecule has 3 aromatic rings. The summed E-state index contributed by atoms with van der Waals surface area (Å²) in [5.74, 6) is -1.78. The molecule has 45 heavy (non-hydrogen) atoms. The summed E-state index contributed by atoms with van der Waals surface area (Å²) in [4.78, 5) is 3.35. The van der Waals surface area contributed by atoms with Crippen molar-refractivity contribution in [1.29, 1.82) is 0 Å². The second-order valence-electron chi connectivity index (χ2n) is 13.4. The molecular weight excluding hydrogens is 596 g/mol. The Hall–Kier alpha value is -2.83. The zero-order valence-electron chi connectivity index (χ0n) is 25.4. The van der Waals surface area contributed by atoms with Crippen LogP contribution in [0.25, 0.3) is 10.9 Å². The molecule has 244 valence electrons. The van der Waals surface area contributed by atoms with Crippen LogP contribution in [0, 0.1) is 17.0 Å². The fourth-order valence-corrected chi connectivity index (χ4v) is 7.97. The Bertz CT molecular complexity index is 1530. The van der Waals surface area contributed by atoms with E-state index in [4.69, 9.17) is 4.74 Å². The largest absolute Gasteiger partial charge is 0.401 e. The van der Waals surface area contributed by atoms with Gasteiger partial charge >= 0.3 is 6.18 Å². The fraction of sp³-hybridized carbons (Fsp3) is 0.606. The number of rotatable bonds is 8. The second-order valence-corrected chi connectivity index (χ2v) is 13.4. The van der Waals surface area contributed by atoms with Crippen LogP contribution in [0.1, 0.15) is 74.4 Å². The molecule has 12 heteroatoms. The van der Waals surface area contributed by atoms with E-state index in [0.29, 0.717) is 31.7 Å². The number of benzene rings is 2. The average Bonchev–Trinajstić information content (AvgIpc) is 3.50. The SMILES string of the molecule is C[C@@H]1Cc2c(ccc3c2cnn3C2CCCCO2)[C@@H](c2c(F)cc(N[C@@H]3CN(CCCF)CC34CC4)cc2F)N1CC(F)(F)F. The van der Waals surface area contributed by atoms with Crippen molar-refractivity contribution in [2.75, 3.05) is 44.8 Å². The van der Waals surface area contributed by atoms with Gasteiger partial charge in [-0.2, -0.15) is 18.3 Å². The Kier molecular flexibility index (Phi) is 8.05. The molecule has 7 rings (SSSR count). The molecule has 1 saturated carbocycles. The van der Waals surface area contributed by atoms with E-state index in [1.54, 1.807) is 25.3 Å². The van der Waals surface area contributed by atoms with E-state index in [2.05, 4.69) is 15.3 Å². The number of hydrogen-bond acceptors (Lipinski definition) is 5. The van der Waals surface area contributed by atoms with E-state index in [1.807, 2.05) is 4.68 Å². The summed E-state index contributed by atoms with van der Waals surface area (Å²) in [7, 11) is 0. The number of aromatic nitrogens is 2. The van der Waals surface area contributed by atoms with Crippen molar-refractivity contribution in [3.8, 4) is 0 Å². The van der Waals surface area contributed by atoms with Gasteiger partial charge in [-0.05, 0) is 81.2 Å². The number of anilines is 1. The van der Waals surface area contributed by atoms with Crippen LogP contribution in [0.4, 0.5) is 32.0 Å². The van der Waals surface area contributed by atoms with E-state index in [1.165, 1.54) is 12.1 Å².